The summed E-state index contributed by atoms with van der Waals surface area (Å²) >= 11 is 0. The molecule has 2 atom stereocenters. The Bertz CT molecular complexity index is 358. The Balaban J connectivity index is -0.000000150. The number of halogens is 4. The number of nitrogens with two attached hydrogens (primary N) is 1. The van der Waals surface area contributed by atoms with Gasteiger partial charge in [-0.25, -0.2) is 0 Å². The number of aliphatic hydroxyl groups excluding tert-OH is 2. The molecule has 11 heteroatoms. The fraction of sp³-hybridized carbons (Fsp3) is 0.333. The van der Waals surface area contributed by atoms with Gasteiger partial charge in [-0.15, -0.1) is 0 Å². The van der Waals surface area contributed by atoms with Crippen LogP contribution in [0.2, 0.25) is 0 Å². The third-order valence-corrected chi connectivity index (χ3v) is 2.06. The van der Waals surface area contributed by atoms with Crippen molar-refractivity contribution >= 4 is 5.69 Å². The van der Waals surface area contributed by atoms with Crippen molar-refractivity contribution in [1.82, 2.24) is 0 Å². The maximum Gasteiger partial charge on any atom is 0.269 e. The molecule has 0 aliphatic rings. The minimum Gasteiger partial charge on any atom is -1.00 e. The number of aliphatic hydroxyl groups is 2. The molecule has 0 fully saturated rings. The standard InChI is InChI=1S/C9H12N2O4.4ClH.Pd/c10-8(5-12)9(13)6-1-3-7(4-2-6)11(14)15;;;;;/h1-4,8-9,12-13H,5,10H2;4*1H;/p-4. The van der Waals surface area contributed by atoms with Gasteiger partial charge in [0.05, 0.1) is 23.7 Å². The minimum atomic E-state index is -1.02. The first kappa shape index (κ1) is 32.3. The van der Waals surface area contributed by atoms with Crippen molar-refractivity contribution in [3.8, 4) is 0 Å². The number of nitro benzene ring substituents is 1. The molecule has 6 nitrogen and oxygen atoms in total. The molecule has 0 aliphatic carbocycles. The number of benzene rings is 1. The number of nitro groups is 1. The number of hydrogen-bond acceptors (Lipinski definition) is 5. The van der Waals surface area contributed by atoms with Crippen molar-refractivity contribution in [3.05, 3.63) is 39.9 Å². The van der Waals surface area contributed by atoms with Gasteiger partial charge in [-0.05, 0) is 17.7 Å². The molecule has 1 aromatic rings. The number of non-ortho nitro benzene ring substituents is 1. The summed E-state index contributed by atoms with van der Waals surface area (Å²) in [6, 6.07) is 4.61. The molecule has 0 aromatic heterocycles. The number of nitrogens with zero attached hydrogens (tertiary/aromatic N) is 1. The molecule has 0 bridgehead atoms. The minimum absolute atomic E-state index is 0. The molecule has 1 rings (SSSR count). The van der Waals surface area contributed by atoms with Crippen molar-refractivity contribution in [2.75, 3.05) is 6.61 Å². The van der Waals surface area contributed by atoms with E-state index in [0.29, 0.717) is 5.56 Å². The Morgan fingerprint density at radius 2 is 1.55 bits per heavy atom. The van der Waals surface area contributed by atoms with E-state index >= 15 is 0 Å². The zero-order valence-corrected chi connectivity index (χ0v) is 14.3. The fourth-order valence-electron chi connectivity index (χ4n) is 1.14. The summed E-state index contributed by atoms with van der Waals surface area (Å²) in [7, 11) is 0. The number of hydrogen-bond donors (Lipinski definition) is 3. The summed E-state index contributed by atoms with van der Waals surface area (Å²) in [6.07, 6.45) is -1.02. The first-order chi connectivity index (χ1) is 7.06. The van der Waals surface area contributed by atoms with Gasteiger partial charge in [0.15, 0.2) is 0 Å². The third-order valence-electron chi connectivity index (χ3n) is 2.06. The van der Waals surface area contributed by atoms with Gasteiger partial charge >= 0.3 is 0 Å². The Morgan fingerprint density at radius 1 is 1.15 bits per heavy atom. The molecule has 0 aliphatic heterocycles. The van der Waals surface area contributed by atoms with Gasteiger partial charge in [-0.1, -0.05) is 0 Å². The van der Waals surface area contributed by atoms with Crippen molar-refractivity contribution in [3.63, 3.8) is 0 Å². The first-order valence-corrected chi connectivity index (χ1v) is 4.35. The van der Waals surface area contributed by atoms with Crippen LogP contribution in [0.25, 0.3) is 0 Å². The van der Waals surface area contributed by atoms with Crippen LogP contribution in [-0.4, -0.2) is 27.8 Å². The fourth-order valence-corrected chi connectivity index (χ4v) is 1.14. The second kappa shape index (κ2) is 15.7. The van der Waals surface area contributed by atoms with Crippen LogP contribution in [0.3, 0.4) is 0 Å². The van der Waals surface area contributed by atoms with Gasteiger partial charge in [0, 0.05) is 32.6 Å². The van der Waals surface area contributed by atoms with Crippen molar-refractivity contribution in [2.24, 2.45) is 5.73 Å². The van der Waals surface area contributed by atoms with Crippen LogP contribution >= 0.6 is 0 Å². The summed E-state index contributed by atoms with van der Waals surface area (Å²) in [5.41, 5.74) is 5.81. The zero-order chi connectivity index (χ0) is 11.4. The SMILES string of the molecule is NC(CO)C(O)c1ccc([N+](=O)[O-])cc1.[Cl-].[Cl-].[Cl-].[Cl-].[Pd]. The molecule has 0 spiro atoms. The van der Waals surface area contributed by atoms with E-state index in [1.165, 1.54) is 24.3 Å². The smallest absolute Gasteiger partial charge is 0.269 e. The molecular formula is C9H12Cl4N2O4Pd-4. The molecule has 0 saturated heterocycles. The van der Waals surface area contributed by atoms with Crippen LogP contribution in [0.1, 0.15) is 11.7 Å². The average molecular weight is 460 g/mol. The number of rotatable bonds is 4. The summed E-state index contributed by atoms with van der Waals surface area (Å²) in [5, 5.41) is 28.6. The molecule has 0 radical (unpaired) electrons. The van der Waals surface area contributed by atoms with E-state index in [-0.39, 0.29) is 82.3 Å². The first-order valence-electron chi connectivity index (χ1n) is 4.35. The largest absolute Gasteiger partial charge is 1.00 e. The predicted molar refractivity (Wildman–Crippen MR) is 53.1 cm³/mol. The Morgan fingerprint density at radius 3 is 1.85 bits per heavy atom. The Kier molecular flexibility index (Phi) is 25.4. The van der Waals surface area contributed by atoms with Crippen molar-refractivity contribution in [1.29, 1.82) is 0 Å². The third kappa shape index (κ3) is 9.29. The maximum atomic E-state index is 10.4. The molecule has 2 unspecified atom stereocenters. The van der Waals surface area contributed by atoms with Gasteiger partial charge in [-0.3, -0.25) is 10.1 Å². The van der Waals surface area contributed by atoms with E-state index in [0.717, 1.165) is 0 Å². The quantitative estimate of drug-likeness (QED) is 0.235. The molecule has 1 aromatic carbocycles. The zero-order valence-electron chi connectivity index (χ0n) is 9.73. The topological polar surface area (TPSA) is 110 Å². The van der Waals surface area contributed by atoms with E-state index in [4.69, 9.17) is 10.8 Å². The average Bonchev–Trinajstić information content (AvgIpc) is 2.27. The Labute approximate surface area is 154 Å². The van der Waals surface area contributed by atoms with E-state index in [9.17, 15) is 15.2 Å². The second-order valence-corrected chi connectivity index (χ2v) is 3.14. The molecule has 0 amide bonds. The van der Waals surface area contributed by atoms with E-state index in [2.05, 4.69) is 0 Å². The normalized spacial score (nSPS) is 10.9. The van der Waals surface area contributed by atoms with Crippen LogP contribution in [0.15, 0.2) is 24.3 Å². The molecule has 4 N–H and O–H groups in total. The summed E-state index contributed by atoms with van der Waals surface area (Å²) in [5.74, 6) is 0. The van der Waals surface area contributed by atoms with Crippen molar-refractivity contribution in [2.45, 2.75) is 12.1 Å². The van der Waals surface area contributed by atoms with Gasteiger partial charge < -0.3 is 65.6 Å². The van der Waals surface area contributed by atoms with Crippen LogP contribution in [0.4, 0.5) is 5.69 Å². The van der Waals surface area contributed by atoms with Gasteiger partial charge in [0.2, 0.25) is 0 Å². The van der Waals surface area contributed by atoms with Gasteiger partial charge in [-0.2, -0.15) is 0 Å². The monoisotopic (exact) mass is 458 g/mol. The molecule has 20 heavy (non-hydrogen) atoms. The molecule has 124 valence electrons. The summed E-state index contributed by atoms with van der Waals surface area (Å²) in [4.78, 5) is 9.82. The van der Waals surface area contributed by atoms with Crippen LogP contribution in [0, 0.1) is 10.1 Å². The summed E-state index contributed by atoms with van der Waals surface area (Å²) < 4.78 is 0. The van der Waals surface area contributed by atoms with E-state index in [1.807, 2.05) is 0 Å². The molecular weight excluding hydrogens is 448 g/mol. The van der Waals surface area contributed by atoms with Gasteiger partial charge in [0.1, 0.15) is 0 Å². The molecule has 0 heterocycles. The van der Waals surface area contributed by atoms with Crippen LogP contribution in [-0.2, 0) is 20.4 Å². The van der Waals surface area contributed by atoms with Crippen LogP contribution in [0.5, 0.6) is 0 Å². The Hall–Kier alpha value is 0.322. The van der Waals surface area contributed by atoms with Gasteiger partial charge in [0.25, 0.3) is 5.69 Å². The van der Waals surface area contributed by atoms with Crippen LogP contribution < -0.4 is 55.4 Å². The molecule has 0 saturated carbocycles. The predicted octanol–water partition coefficient (Wildman–Crippen LogP) is -12.0. The maximum absolute atomic E-state index is 10.4. The summed E-state index contributed by atoms with van der Waals surface area (Å²) in [6.45, 7) is -0.349. The van der Waals surface area contributed by atoms with E-state index < -0.39 is 17.1 Å². The second-order valence-electron chi connectivity index (χ2n) is 3.14. The van der Waals surface area contributed by atoms with E-state index in [1.54, 1.807) is 0 Å². The van der Waals surface area contributed by atoms with Crippen molar-refractivity contribution < 1.29 is 85.2 Å².